The van der Waals surface area contributed by atoms with E-state index in [1.54, 1.807) is 26.6 Å². The Labute approximate surface area is 147 Å². The molecule has 0 saturated carbocycles. The Morgan fingerprint density at radius 3 is 2.72 bits per heavy atom. The number of nitrogens with zero attached hydrogens (tertiary/aromatic N) is 5. The minimum absolute atomic E-state index is 0.0797. The van der Waals surface area contributed by atoms with E-state index in [0.29, 0.717) is 28.1 Å². The molecule has 25 heavy (non-hydrogen) atoms. The SMILES string of the molecule is CCN1C(=O)N(CC)C2C1NN=c1s/c(=C\c3ccccn3)c(=O)n12. The quantitative estimate of drug-likeness (QED) is 0.829. The van der Waals surface area contributed by atoms with Gasteiger partial charge < -0.3 is 0 Å². The molecular weight excluding hydrogens is 340 g/mol. The van der Waals surface area contributed by atoms with Gasteiger partial charge in [-0.25, -0.2) is 4.79 Å². The first-order valence-corrected chi connectivity index (χ1v) is 9.02. The highest BCUT2D eigenvalue weighted by Gasteiger charge is 2.48. The molecule has 2 atom stereocenters. The fourth-order valence-corrected chi connectivity index (χ4v) is 4.26. The molecule has 1 fully saturated rings. The van der Waals surface area contributed by atoms with Crippen LogP contribution in [0.5, 0.6) is 0 Å². The maximum atomic E-state index is 13.0. The molecule has 1 saturated heterocycles. The minimum Gasteiger partial charge on any atom is -0.300 e. The molecule has 1 N–H and O–H groups in total. The minimum atomic E-state index is -0.389. The smallest absolute Gasteiger partial charge is 0.300 e. The summed E-state index contributed by atoms with van der Waals surface area (Å²) in [6, 6.07) is 5.47. The Kier molecular flexibility index (Phi) is 3.79. The lowest BCUT2D eigenvalue weighted by Crippen LogP contribution is -2.53. The van der Waals surface area contributed by atoms with Gasteiger partial charge in [0, 0.05) is 19.3 Å². The van der Waals surface area contributed by atoms with Crippen LogP contribution in [0.3, 0.4) is 0 Å². The molecule has 130 valence electrons. The molecular formula is C16H18N6O2S. The number of carbonyl (C=O) groups excluding carboxylic acids is 1. The summed E-state index contributed by atoms with van der Waals surface area (Å²) in [6.45, 7) is 4.92. The molecule has 8 nitrogen and oxygen atoms in total. The normalized spacial score (nSPS) is 22.5. The van der Waals surface area contributed by atoms with Gasteiger partial charge in [0.2, 0.25) is 4.80 Å². The summed E-state index contributed by atoms with van der Waals surface area (Å²) in [5.41, 5.74) is 3.62. The van der Waals surface area contributed by atoms with E-state index in [-0.39, 0.29) is 23.9 Å². The number of hydrogen-bond acceptors (Lipinski definition) is 6. The molecule has 2 aliphatic heterocycles. The third-order valence-corrected chi connectivity index (χ3v) is 5.45. The molecule has 2 aromatic rings. The number of aromatic nitrogens is 2. The first-order valence-electron chi connectivity index (χ1n) is 8.20. The fraction of sp³-hybridized carbons (Fsp3) is 0.375. The molecule has 0 aromatic carbocycles. The lowest BCUT2D eigenvalue weighted by atomic mass is 10.3. The molecule has 0 spiro atoms. The van der Waals surface area contributed by atoms with Gasteiger partial charge in [0.15, 0.2) is 12.3 Å². The molecule has 0 bridgehead atoms. The van der Waals surface area contributed by atoms with E-state index in [1.807, 2.05) is 32.0 Å². The largest absolute Gasteiger partial charge is 0.323 e. The lowest BCUT2D eigenvalue weighted by molar-refractivity contribution is 0.151. The van der Waals surface area contributed by atoms with Gasteiger partial charge in [-0.1, -0.05) is 17.4 Å². The van der Waals surface area contributed by atoms with Crippen LogP contribution in [-0.2, 0) is 0 Å². The third kappa shape index (κ3) is 2.34. The number of likely N-dealkylation sites (N-methyl/N-ethyl adjacent to an activating group) is 2. The zero-order valence-electron chi connectivity index (χ0n) is 13.9. The van der Waals surface area contributed by atoms with E-state index in [4.69, 9.17) is 0 Å². The van der Waals surface area contributed by atoms with Crippen molar-refractivity contribution in [2.45, 2.75) is 26.2 Å². The summed E-state index contributed by atoms with van der Waals surface area (Å²) in [5.74, 6) is 0. The van der Waals surface area contributed by atoms with Crippen molar-refractivity contribution in [2.24, 2.45) is 5.10 Å². The topological polar surface area (TPSA) is 82.8 Å². The van der Waals surface area contributed by atoms with Crippen LogP contribution in [0.4, 0.5) is 4.79 Å². The van der Waals surface area contributed by atoms with Crippen molar-refractivity contribution in [3.63, 3.8) is 0 Å². The summed E-state index contributed by atoms with van der Waals surface area (Å²) < 4.78 is 2.18. The Hall–Kier alpha value is -2.68. The van der Waals surface area contributed by atoms with E-state index >= 15 is 0 Å². The third-order valence-electron chi connectivity index (χ3n) is 4.47. The molecule has 0 radical (unpaired) electrons. The first kappa shape index (κ1) is 15.8. The van der Waals surface area contributed by atoms with Crippen molar-refractivity contribution < 1.29 is 4.79 Å². The van der Waals surface area contributed by atoms with Crippen LogP contribution in [0.2, 0.25) is 0 Å². The number of hydrogen-bond donors (Lipinski definition) is 1. The number of nitrogens with one attached hydrogen (secondary N) is 1. The number of carbonyl (C=O) groups is 1. The molecule has 2 aliphatic rings. The van der Waals surface area contributed by atoms with Gasteiger partial charge in [0.1, 0.15) is 0 Å². The first-order chi connectivity index (χ1) is 12.2. The molecule has 2 unspecified atom stereocenters. The van der Waals surface area contributed by atoms with Crippen LogP contribution in [0.15, 0.2) is 34.3 Å². The monoisotopic (exact) mass is 358 g/mol. The second kappa shape index (κ2) is 5.99. The average Bonchev–Trinajstić information content (AvgIpc) is 3.09. The van der Waals surface area contributed by atoms with Crippen molar-refractivity contribution >= 4 is 23.4 Å². The maximum Gasteiger partial charge on any atom is 0.323 e. The second-order valence-corrected chi connectivity index (χ2v) is 6.79. The van der Waals surface area contributed by atoms with E-state index in [9.17, 15) is 9.59 Å². The van der Waals surface area contributed by atoms with Gasteiger partial charge in [0.05, 0.1) is 10.2 Å². The van der Waals surface area contributed by atoms with Gasteiger partial charge in [0.25, 0.3) is 5.56 Å². The molecule has 2 aromatic heterocycles. The zero-order valence-corrected chi connectivity index (χ0v) is 14.7. The summed E-state index contributed by atoms with van der Waals surface area (Å²) in [5, 5.41) is 4.33. The van der Waals surface area contributed by atoms with Gasteiger partial charge in [-0.05, 0) is 32.1 Å². The van der Waals surface area contributed by atoms with Gasteiger partial charge in [-0.2, -0.15) is 0 Å². The Morgan fingerprint density at radius 2 is 2.04 bits per heavy atom. The molecule has 0 aliphatic carbocycles. The summed E-state index contributed by atoms with van der Waals surface area (Å²) in [7, 11) is 0. The maximum absolute atomic E-state index is 13.0. The number of rotatable bonds is 3. The molecule has 4 rings (SSSR count). The lowest BCUT2D eigenvalue weighted by Gasteiger charge is -2.29. The van der Waals surface area contributed by atoms with Crippen LogP contribution in [0.25, 0.3) is 6.08 Å². The predicted molar refractivity (Wildman–Crippen MR) is 93.3 cm³/mol. The number of amides is 2. The number of pyridine rings is 1. The second-order valence-electron chi connectivity index (χ2n) is 5.78. The van der Waals surface area contributed by atoms with Crippen molar-refractivity contribution in [3.8, 4) is 0 Å². The van der Waals surface area contributed by atoms with E-state index in [2.05, 4.69) is 15.5 Å². The van der Waals surface area contributed by atoms with Gasteiger partial charge >= 0.3 is 6.03 Å². The van der Waals surface area contributed by atoms with Gasteiger partial charge in [-0.3, -0.25) is 29.6 Å². The van der Waals surface area contributed by atoms with Crippen LogP contribution in [-0.4, -0.2) is 44.6 Å². The van der Waals surface area contributed by atoms with Crippen LogP contribution in [0, 0.1) is 0 Å². The van der Waals surface area contributed by atoms with Crippen LogP contribution < -0.4 is 20.3 Å². The van der Waals surface area contributed by atoms with E-state index < -0.39 is 0 Å². The van der Waals surface area contributed by atoms with Crippen LogP contribution in [0.1, 0.15) is 25.7 Å². The average molecular weight is 358 g/mol. The summed E-state index contributed by atoms with van der Waals surface area (Å²) >= 11 is 1.30. The highest BCUT2D eigenvalue weighted by molar-refractivity contribution is 7.07. The van der Waals surface area contributed by atoms with Gasteiger partial charge in [-0.15, -0.1) is 5.10 Å². The highest BCUT2D eigenvalue weighted by Crippen LogP contribution is 2.28. The standard InChI is InChI=1S/C16H18N6O2S/c1-3-20-12-13(21(4-2)16(20)24)22-14(23)11(25-15(22)19-18-12)9-10-7-5-6-8-17-10/h5-9,12-13,18H,3-4H2,1-2H3/b11-9-. The molecule has 9 heteroatoms. The molecule has 2 amide bonds. The highest BCUT2D eigenvalue weighted by atomic mass is 32.1. The van der Waals surface area contributed by atoms with E-state index in [0.717, 1.165) is 0 Å². The summed E-state index contributed by atoms with van der Waals surface area (Å²) in [4.78, 5) is 33.8. The van der Waals surface area contributed by atoms with Crippen molar-refractivity contribution in [1.82, 2.24) is 24.8 Å². The number of thiazole rings is 1. The Bertz CT molecular complexity index is 982. The van der Waals surface area contributed by atoms with Crippen molar-refractivity contribution in [1.29, 1.82) is 0 Å². The zero-order chi connectivity index (χ0) is 17.6. The number of urea groups is 1. The van der Waals surface area contributed by atoms with Crippen LogP contribution >= 0.6 is 11.3 Å². The summed E-state index contributed by atoms with van der Waals surface area (Å²) in [6.07, 6.45) is 2.72. The fourth-order valence-electron chi connectivity index (χ4n) is 3.31. The number of fused-ring (bicyclic) bond motifs is 3. The van der Waals surface area contributed by atoms with Crippen molar-refractivity contribution in [2.75, 3.05) is 13.1 Å². The Morgan fingerprint density at radius 1 is 1.24 bits per heavy atom. The van der Waals surface area contributed by atoms with E-state index in [1.165, 1.54) is 11.3 Å². The van der Waals surface area contributed by atoms with Crippen molar-refractivity contribution in [3.05, 3.63) is 49.8 Å². The molecule has 4 heterocycles. The Balaban J connectivity index is 1.87. The predicted octanol–water partition coefficient (Wildman–Crippen LogP) is -0.127.